The number of carbonyl (C=O) groups excluding carboxylic acids is 5. The molecule has 0 bridgehead atoms. The lowest BCUT2D eigenvalue weighted by Gasteiger charge is -2.42. The second-order valence-electron chi connectivity index (χ2n) is 6.24. The highest BCUT2D eigenvalue weighted by atomic mass is 16.7. The van der Waals surface area contributed by atoms with E-state index in [2.05, 4.69) is 14.7 Å². The fourth-order valence-electron chi connectivity index (χ4n) is 2.83. The number of H-pyrrole nitrogens is 1. The number of methoxy groups -OCH3 is 1. The number of primary amides is 1. The van der Waals surface area contributed by atoms with Crippen LogP contribution in [0.25, 0.3) is 0 Å². The van der Waals surface area contributed by atoms with Gasteiger partial charge in [0.25, 0.3) is 5.91 Å². The summed E-state index contributed by atoms with van der Waals surface area (Å²) in [6, 6.07) is 0. The Kier molecular flexibility index (Phi) is 7.52. The van der Waals surface area contributed by atoms with E-state index in [0.29, 0.717) is 0 Å². The first-order valence-corrected chi connectivity index (χ1v) is 8.79. The second kappa shape index (κ2) is 9.88. The van der Waals surface area contributed by atoms with Crippen LogP contribution in [-0.4, -0.2) is 77.6 Å². The van der Waals surface area contributed by atoms with Gasteiger partial charge in [-0.15, -0.1) is 0 Å². The number of nitrogens with one attached hydrogen (secondary N) is 1. The first-order chi connectivity index (χ1) is 14.5. The molecule has 0 spiro atoms. The number of rotatable bonds is 7. The Labute approximate surface area is 175 Å². The minimum absolute atomic E-state index is 0.245. The zero-order valence-electron chi connectivity index (χ0n) is 17.0. The Bertz CT molecular complexity index is 867. The quantitative estimate of drug-likeness (QED) is 0.369. The lowest BCUT2D eigenvalue weighted by atomic mass is 9.97. The van der Waals surface area contributed by atoms with Crippen molar-refractivity contribution in [2.75, 3.05) is 7.11 Å². The molecule has 1 fully saturated rings. The summed E-state index contributed by atoms with van der Waals surface area (Å²) in [5, 5.41) is 0. The molecule has 0 saturated carbocycles. The largest absolute Gasteiger partial charge is 0.467 e. The first-order valence-electron chi connectivity index (χ1n) is 8.79. The van der Waals surface area contributed by atoms with Crippen LogP contribution in [0.3, 0.4) is 0 Å². The Morgan fingerprint density at radius 3 is 2.03 bits per heavy atom. The van der Waals surface area contributed by atoms with Crippen molar-refractivity contribution in [1.29, 1.82) is 0 Å². The molecule has 0 radical (unpaired) electrons. The first kappa shape index (κ1) is 23.6. The molecule has 1 amide bonds. The molecule has 2 rings (SSSR count). The molecule has 1 aliphatic heterocycles. The van der Waals surface area contributed by atoms with Crippen LogP contribution in [-0.2, 0) is 42.9 Å². The smallest absolute Gasteiger partial charge is 0.339 e. The highest BCUT2D eigenvalue weighted by Crippen LogP contribution is 2.31. The molecular formula is C17H21N3O11. The molecular weight excluding hydrogens is 422 g/mol. The van der Waals surface area contributed by atoms with E-state index in [4.69, 9.17) is 29.4 Å². The molecule has 0 aliphatic carbocycles. The van der Waals surface area contributed by atoms with E-state index in [9.17, 15) is 24.0 Å². The maximum Gasteiger partial charge on any atom is 0.339 e. The summed E-state index contributed by atoms with van der Waals surface area (Å²) in [4.78, 5) is 65.1. The van der Waals surface area contributed by atoms with Gasteiger partial charge in [-0.25, -0.2) is 9.78 Å². The lowest BCUT2D eigenvalue weighted by molar-refractivity contribution is -0.283. The van der Waals surface area contributed by atoms with E-state index in [-0.39, 0.29) is 11.6 Å². The standard InChI is InChI=1S/C17H21N3O11/c1-6(21)27-10-11(28-7(2)22)13(29-8(3)23)17(30-12(10)16(25)26-4)31-15-9(14(18)24)19-5-20-15/h5,10-13,17H,1-4H3,(H2,18,24)(H,19,20)/t10-,11-,12-,13+,17-/m0/s1. The van der Waals surface area contributed by atoms with Crippen LogP contribution in [0.1, 0.15) is 31.3 Å². The van der Waals surface area contributed by atoms with Crippen molar-refractivity contribution < 1.29 is 52.4 Å². The normalized spacial score (nSPS) is 25.1. The van der Waals surface area contributed by atoms with E-state index in [1.165, 1.54) is 0 Å². The summed E-state index contributed by atoms with van der Waals surface area (Å²) >= 11 is 0. The number of aromatic nitrogens is 2. The molecule has 2 heterocycles. The summed E-state index contributed by atoms with van der Waals surface area (Å²) in [6.07, 6.45) is -6.82. The predicted octanol–water partition coefficient (Wildman–Crippen LogP) is -1.42. The highest BCUT2D eigenvalue weighted by Gasteiger charge is 2.56. The third-order valence-corrected chi connectivity index (χ3v) is 3.91. The number of amides is 1. The molecule has 5 atom stereocenters. The van der Waals surface area contributed by atoms with Gasteiger partial charge in [0.1, 0.15) is 0 Å². The number of hydrogen-bond acceptors (Lipinski definition) is 12. The predicted molar refractivity (Wildman–Crippen MR) is 95.1 cm³/mol. The molecule has 1 aromatic heterocycles. The van der Waals surface area contributed by atoms with Crippen molar-refractivity contribution in [2.45, 2.75) is 51.5 Å². The summed E-state index contributed by atoms with van der Waals surface area (Å²) in [5.41, 5.74) is 4.98. The van der Waals surface area contributed by atoms with Crippen LogP contribution in [0, 0.1) is 0 Å². The average molecular weight is 443 g/mol. The van der Waals surface area contributed by atoms with E-state index >= 15 is 0 Å². The van der Waals surface area contributed by atoms with Crippen molar-refractivity contribution in [3.8, 4) is 5.88 Å². The van der Waals surface area contributed by atoms with Gasteiger partial charge in [0.05, 0.1) is 13.4 Å². The fraction of sp³-hybridized carbons (Fsp3) is 0.529. The van der Waals surface area contributed by atoms with Crippen LogP contribution < -0.4 is 10.5 Å². The van der Waals surface area contributed by atoms with Crippen molar-refractivity contribution in [3.05, 3.63) is 12.0 Å². The number of aromatic amines is 1. The fourth-order valence-corrected chi connectivity index (χ4v) is 2.83. The Balaban J connectivity index is 2.52. The molecule has 0 aromatic carbocycles. The highest BCUT2D eigenvalue weighted by molar-refractivity contribution is 5.93. The summed E-state index contributed by atoms with van der Waals surface area (Å²) in [6.45, 7) is 3.15. The molecule has 0 unspecified atom stereocenters. The number of carbonyl (C=O) groups is 5. The zero-order valence-corrected chi connectivity index (χ0v) is 17.0. The maximum atomic E-state index is 12.3. The maximum absolute atomic E-state index is 12.3. The van der Waals surface area contributed by atoms with Crippen molar-refractivity contribution >= 4 is 29.8 Å². The van der Waals surface area contributed by atoms with Gasteiger partial charge in [-0.1, -0.05) is 0 Å². The Morgan fingerprint density at radius 1 is 0.968 bits per heavy atom. The van der Waals surface area contributed by atoms with E-state index in [1.807, 2.05) is 0 Å². The topological polar surface area (TPSA) is 195 Å². The average Bonchev–Trinajstić information content (AvgIpc) is 3.13. The SMILES string of the molecule is COC(=O)[C@H]1O[C@@H](Oc2nc[nH]c2C(N)=O)[C@H](OC(C)=O)[C@@H](OC(C)=O)[C@@H]1OC(C)=O. The minimum Gasteiger partial charge on any atom is -0.467 e. The van der Waals surface area contributed by atoms with Gasteiger partial charge < -0.3 is 39.1 Å². The van der Waals surface area contributed by atoms with Crippen LogP contribution in [0.5, 0.6) is 5.88 Å². The van der Waals surface area contributed by atoms with Gasteiger partial charge in [0.2, 0.25) is 18.3 Å². The zero-order chi connectivity index (χ0) is 23.3. The van der Waals surface area contributed by atoms with Crippen LogP contribution in [0.2, 0.25) is 0 Å². The van der Waals surface area contributed by atoms with E-state index in [1.54, 1.807) is 0 Å². The number of nitrogens with two attached hydrogens (primary N) is 1. The van der Waals surface area contributed by atoms with E-state index < -0.39 is 60.5 Å². The molecule has 31 heavy (non-hydrogen) atoms. The molecule has 14 nitrogen and oxygen atoms in total. The summed E-state index contributed by atoms with van der Waals surface area (Å²) in [7, 11) is 1.05. The third-order valence-electron chi connectivity index (χ3n) is 3.91. The third kappa shape index (κ3) is 5.69. The van der Waals surface area contributed by atoms with Crippen molar-refractivity contribution in [2.24, 2.45) is 5.73 Å². The molecule has 14 heteroatoms. The molecule has 1 aromatic rings. The number of nitrogens with zero attached hydrogens (tertiary/aromatic N) is 1. The van der Waals surface area contributed by atoms with Gasteiger partial charge >= 0.3 is 23.9 Å². The van der Waals surface area contributed by atoms with Gasteiger partial charge in [-0.3, -0.25) is 19.2 Å². The molecule has 170 valence electrons. The number of imidazole rings is 1. The molecule has 1 saturated heterocycles. The van der Waals surface area contributed by atoms with Crippen molar-refractivity contribution in [3.63, 3.8) is 0 Å². The number of esters is 4. The van der Waals surface area contributed by atoms with Gasteiger partial charge in [0, 0.05) is 20.8 Å². The van der Waals surface area contributed by atoms with Crippen LogP contribution in [0.15, 0.2) is 6.33 Å². The van der Waals surface area contributed by atoms with Gasteiger partial charge in [-0.2, -0.15) is 0 Å². The monoisotopic (exact) mass is 443 g/mol. The number of ether oxygens (including phenoxy) is 6. The minimum atomic E-state index is -1.65. The van der Waals surface area contributed by atoms with Crippen LogP contribution >= 0.6 is 0 Å². The van der Waals surface area contributed by atoms with Crippen LogP contribution in [0.4, 0.5) is 0 Å². The number of hydrogen-bond donors (Lipinski definition) is 2. The molecule has 3 N–H and O–H groups in total. The van der Waals surface area contributed by atoms with Crippen molar-refractivity contribution in [1.82, 2.24) is 9.97 Å². The van der Waals surface area contributed by atoms with Gasteiger partial charge in [-0.05, 0) is 0 Å². The molecule has 1 aliphatic rings. The van der Waals surface area contributed by atoms with E-state index in [0.717, 1.165) is 34.2 Å². The summed E-state index contributed by atoms with van der Waals surface area (Å²) < 4.78 is 31.2. The Hall–Kier alpha value is -3.68. The van der Waals surface area contributed by atoms with Gasteiger partial charge in [0.15, 0.2) is 24.0 Å². The Morgan fingerprint density at radius 2 is 1.52 bits per heavy atom. The summed E-state index contributed by atoms with van der Waals surface area (Å²) in [5.74, 6) is -4.80. The lowest BCUT2D eigenvalue weighted by Crippen LogP contribution is -2.64. The second-order valence-corrected chi connectivity index (χ2v) is 6.24.